The van der Waals surface area contributed by atoms with Crippen molar-refractivity contribution in [3.8, 4) is 0 Å². The lowest BCUT2D eigenvalue weighted by Gasteiger charge is -2.45. The Balaban J connectivity index is 2.05. The van der Waals surface area contributed by atoms with Gasteiger partial charge in [-0.1, -0.05) is 13.8 Å². The number of aryl methyl sites for hydroxylation is 1. The summed E-state index contributed by atoms with van der Waals surface area (Å²) < 4.78 is 5.68. The van der Waals surface area contributed by atoms with Crippen molar-refractivity contribution in [2.75, 3.05) is 7.11 Å². The molecule has 108 valence electrons. The van der Waals surface area contributed by atoms with Gasteiger partial charge in [-0.3, -0.25) is 0 Å². The smallest absolute Gasteiger partial charge is 0.177 e. The molecule has 1 aromatic rings. The van der Waals surface area contributed by atoms with Gasteiger partial charge in [0.2, 0.25) is 0 Å². The largest absolute Gasteiger partial charge is 0.390 e. The van der Waals surface area contributed by atoms with Crippen molar-refractivity contribution in [2.24, 2.45) is 12.5 Å². The Kier molecular flexibility index (Phi) is 3.92. The van der Waals surface area contributed by atoms with Gasteiger partial charge >= 0.3 is 0 Å². The Bertz CT molecular complexity index is 420. The third-order valence-corrected chi connectivity index (χ3v) is 4.39. The van der Waals surface area contributed by atoms with E-state index >= 15 is 0 Å². The maximum absolute atomic E-state index is 10.5. The molecule has 1 aromatic heterocycles. The highest BCUT2D eigenvalue weighted by atomic mass is 16.5. The van der Waals surface area contributed by atoms with E-state index in [0.717, 1.165) is 25.7 Å². The van der Waals surface area contributed by atoms with Crippen LogP contribution in [-0.2, 0) is 18.2 Å². The molecule has 1 fully saturated rings. The number of aliphatic hydroxyl groups excluding tert-OH is 1. The summed E-state index contributed by atoms with van der Waals surface area (Å²) in [5.41, 5.74) is -0.124. The van der Waals surface area contributed by atoms with Crippen LogP contribution in [0.15, 0.2) is 0 Å². The van der Waals surface area contributed by atoms with Crippen molar-refractivity contribution in [1.82, 2.24) is 20.2 Å². The SMILES string of the molecule is COC1(C(O)Cc2nnn(C)n2)CCC(C)(C)CC1. The lowest BCUT2D eigenvalue weighted by atomic mass is 9.68. The van der Waals surface area contributed by atoms with E-state index in [1.807, 2.05) is 0 Å². The van der Waals surface area contributed by atoms with Crippen LogP contribution >= 0.6 is 0 Å². The number of methoxy groups -OCH3 is 1. The standard InChI is InChI=1S/C13H24N4O2/c1-12(2)5-7-13(19-4,8-6-12)10(18)9-11-14-16-17(3)15-11/h10,18H,5-9H2,1-4H3. The van der Waals surface area contributed by atoms with Crippen molar-refractivity contribution in [3.05, 3.63) is 5.82 Å². The maximum Gasteiger partial charge on any atom is 0.177 e. The van der Waals surface area contributed by atoms with Crippen molar-refractivity contribution in [3.63, 3.8) is 0 Å². The summed E-state index contributed by atoms with van der Waals surface area (Å²) in [7, 11) is 3.41. The molecule has 1 unspecified atom stereocenters. The summed E-state index contributed by atoms with van der Waals surface area (Å²) in [5, 5.41) is 22.4. The molecular formula is C13H24N4O2. The number of hydrogen-bond donors (Lipinski definition) is 1. The summed E-state index contributed by atoms with van der Waals surface area (Å²) in [6, 6.07) is 0. The van der Waals surface area contributed by atoms with Gasteiger partial charge in [0.05, 0.1) is 18.8 Å². The number of rotatable bonds is 4. The lowest BCUT2D eigenvalue weighted by Crippen LogP contribution is -2.49. The minimum absolute atomic E-state index is 0.340. The maximum atomic E-state index is 10.5. The third kappa shape index (κ3) is 3.12. The molecule has 1 heterocycles. The number of aliphatic hydroxyl groups is 1. The molecule has 6 heteroatoms. The highest BCUT2D eigenvalue weighted by Gasteiger charge is 2.44. The monoisotopic (exact) mass is 268 g/mol. The van der Waals surface area contributed by atoms with E-state index in [1.165, 1.54) is 4.80 Å². The molecule has 1 aliphatic carbocycles. The Hall–Kier alpha value is -1.01. The Labute approximate surface area is 114 Å². The van der Waals surface area contributed by atoms with E-state index in [0.29, 0.717) is 17.7 Å². The molecule has 2 rings (SSSR count). The normalized spacial score (nSPS) is 23.2. The van der Waals surface area contributed by atoms with Gasteiger partial charge in [0.25, 0.3) is 0 Å². The average Bonchev–Trinajstić information content (AvgIpc) is 2.75. The van der Waals surface area contributed by atoms with Crippen LogP contribution in [-0.4, -0.2) is 44.1 Å². The minimum Gasteiger partial charge on any atom is -0.390 e. The first-order valence-corrected chi connectivity index (χ1v) is 6.83. The quantitative estimate of drug-likeness (QED) is 0.885. The second-order valence-electron chi connectivity index (χ2n) is 6.35. The van der Waals surface area contributed by atoms with Crippen molar-refractivity contribution < 1.29 is 9.84 Å². The van der Waals surface area contributed by atoms with Gasteiger partial charge in [-0.2, -0.15) is 4.80 Å². The van der Waals surface area contributed by atoms with E-state index in [9.17, 15) is 5.11 Å². The summed E-state index contributed by atoms with van der Waals surface area (Å²) in [5.74, 6) is 0.566. The highest BCUT2D eigenvalue weighted by Crippen LogP contribution is 2.43. The molecule has 19 heavy (non-hydrogen) atoms. The van der Waals surface area contributed by atoms with Crippen LogP contribution in [0, 0.1) is 5.41 Å². The highest BCUT2D eigenvalue weighted by molar-refractivity contribution is 4.98. The summed E-state index contributed by atoms with van der Waals surface area (Å²) >= 11 is 0. The van der Waals surface area contributed by atoms with Gasteiger partial charge in [0.1, 0.15) is 0 Å². The Morgan fingerprint density at radius 1 is 1.32 bits per heavy atom. The number of aromatic nitrogens is 4. The van der Waals surface area contributed by atoms with Gasteiger partial charge < -0.3 is 9.84 Å². The van der Waals surface area contributed by atoms with Gasteiger partial charge in [-0.25, -0.2) is 0 Å². The van der Waals surface area contributed by atoms with Gasteiger partial charge in [0.15, 0.2) is 5.82 Å². The molecule has 6 nitrogen and oxygen atoms in total. The second kappa shape index (κ2) is 5.17. The van der Waals surface area contributed by atoms with Crippen LogP contribution in [0.1, 0.15) is 45.4 Å². The molecule has 1 atom stereocenters. The molecule has 0 aliphatic heterocycles. The number of nitrogens with zero attached hydrogens (tertiary/aromatic N) is 4. The van der Waals surface area contributed by atoms with E-state index < -0.39 is 11.7 Å². The minimum atomic E-state index is -0.585. The molecule has 0 aromatic carbocycles. The van der Waals surface area contributed by atoms with Crippen LogP contribution < -0.4 is 0 Å². The van der Waals surface area contributed by atoms with Crippen LogP contribution in [0.25, 0.3) is 0 Å². The predicted octanol–water partition coefficient (Wildman–Crippen LogP) is 1.10. The number of ether oxygens (including phenoxy) is 1. The van der Waals surface area contributed by atoms with Crippen molar-refractivity contribution in [1.29, 1.82) is 0 Å². The fraction of sp³-hybridized carbons (Fsp3) is 0.923. The van der Waals surface area contributed by atoms with Gasteiger partial charge in [-0.05, 0) is 36.3 Å². The zero-order valence-electron chi connectivity index (χ0n) is 12.3. The molecule has 1 saturated carbocycles. The average molecular weight is 268 g/mol. The number of tetrazole rings is 1. The number of hydrogen-bond acceptors (Lipinski definition) is 5. The summed E-state index contributed by atoms with van der Waals surface area (Å²) in [6.45, 7) is 4.53. The van der Waals surface area contributed by atoms with Crippen LogP contribution in [0.3, 0.4) is 0 Å². The molecule has 1 aliphatic rings. The van der Waals surface area contributed by atoms with E-state index in [1.54, 1.807) is 14.2 Å². The molecule has 0 bridgehead atoms. The van der Waals surface area contributed by atoms with Crippen LogP contribution in [0.2, 0.25) is 0 Å². The fourth-order valence-corrected chi connectivity index (χ4v) is 2.79. The Morgan fingerprint density at radius 2 is 1.95 bits per heavy atom. The molecule has 0 spiro atoms. The molecule has 0 saturated heterocycles. The van der Waals surface area contributed by atoms with Crippen LogP contribution in [0.5, 0.6) is 0 Å². The lowest BCUT2D eigenvalue weighted by molar-refractivity contribution is -0.135. The van der Waals surface area contributed by atoms with Crippen molar-refractivity contribution in [2.45, 2.75) is 57.7 Å². The fourth-order valence-electron chi connectivity index (χ4n) is 2.79. The van der Waals surface area contributed by atoms with Gasteiger partial charge in [0, 0.05) is 13.5 Å². The van der Waals surface area contributed by atoms with E-state index in [-0.39, 0.29) is 0 Å². The Morgan fingerprint density at radius 3 is 2.42 bits per heavy atom. The summed E-state index contributed by atoms with van der Waals surface area (Å²) in [6.07, 6.45) is 3.67. The zero-order valence-corrected chi connectivity index (χ0v) is 12.3. The first kappa shape index (κ1) is 14.4. The van der Waals surface area contributed by atoms with Gasteiger partial charge in [-0.15, -0.1) is 10.2 Å². The predicted molar refractivity (Wildman–Crippen MR) is 70.5 cm³/mol. The zero-order chi connectivity index (χ0) is 14.1. The third-order valence-electron chi connectivity index (χ3n) is 4.39. The summed E-state index contributed by atoms with van der Waals surface area (Å²) in [4.78, 5) is 1.41. The molecule has 0 radical (unpaired) electrons. The van der Waals surface area contributed by atoms with Crippen molar-refractivity contribution >= 4 is 0 Å². The second-order valence-corrected chi connectivity index (χ2v) is 6.35. The van der Waals surface area contributed by atoms with E-state index in [2.05, 4.69) is 29.3 Å². The molecular weight excluding hydrogens is 244 g/mol. The first-order valence-electron chi connectivity index (χ1n) is 6.83. The molecule has 1 N–H and O–H groups in total. The van der Waals surface area contributed by atoms with Crippen LogP contribution in [0.4, 0.5) is 0 Å². The topological polar surface area (TPSA) is 73.1 Å². The molecule has 0 amide bonds. The van der Waals surface area contributed by atoms with E-state index in [4.69, 9.17) is 4.74 Å². The first-order chi connectivity index (χ1) is 8.87.